The van der Waals surface area contributed by atoms with Gasteiger partial charge in [0.2, 0.25) is 5.91 Å². The Labute approximate surface area is 148 Å². The van der Waals surface area contributed by atoms with Gasteiger partial charge in [-0.3, -0.25) is 9.59 Å². The van der Waals surface area contributed by atoms with Crippen molar-refractivity contribution in [3.05, 3.63) is 35.4 Å². The second kappa shape index (κ2) is 6.13. The predicted molar refractivity (Wildman–Crippen MR) is 93.8 cm³/mol. The minimum Gasteiger partial charge on any atom is -0.387 e. The Morgan fingerprint density at radius 2 is 2.08 bits per heavy atom. The van der Waals surface area contributed by atoms with Crippen molar-refractivity contribution < 1.29 is 14.7 Å². The van der Waals surface area contributed by atoms with Gasteiger partial charge >= 0.3 is 0 Å². The summed E-state index contributed by atoms with van der Waals surface area (Å²) in [4.78, 5) is 28.6. The molecule has 0 radical (unpaired) electrons. The molecule has 0 bridgehead atoms. The Morgan fingerprint density at radius 3 is 2.76 bits per heavy atom. The van der Waals surface area contributed by atoms with Crippen LogP contribution in [0.5, 0.6) is 0 Å². The molecule has 0 spiro atoms. The van der Waals surface area contributed by atoms with E-state index >= 15 is 0 Å². The van der Waals surface area contributed by atoms with Crippen LogP contribution in [0.3, 0.4) is 0 Å². The highest BCUT2D eigenvalue weighted by molar-refractivity contribution is 5.98. The van der Waals surface area contributed by atoms with E-state index in [0.717, 1.165) is 24.0 Å². The Bertz CT molecular complexity index is 700. The van der Waals surface area contributed by atoms with Crippen molar-refractivity contribution in [3.63, 3.8) is 0 Å². The summed E-state index contributed by atoms with van der Waals surface area (Å²) < 4.78 is 0. The Balaban J connectivity index is 1.34. The van der Waals surface area contributed by atoms with Gasteiger partial charge < -0.3 is 14.9 Å². The van der Waals surface area contributed by atoms with Crippen LogP contribution in [0.1, 0.15) is 48.5 Å². The average molecular weight is 342 g/mol. The lowest BCUT2D eigenvalue weighted by atomic mass is 9.69. The van der Waals surface area contributed by atoms with E-state index in [9.17, 15) is 14.7 Å². The number of hydrogen-bond donors (Lipinski definition) is 1. The maximum Gasteiger partial charge on any atom is 0.254 e. The standard InChI is InChI=1S/C20H26N2O3/c1-14-11-22(13-20(14,25)16-6-4-7-16)18(23)9-10-21-12-15-5-2-3-8-17(15)19(21)24/h2-3,5,8,14,16,25H,4,6-7,9-13H2,1H3/t14-,20+/m1/s1. The zero-order chi connectivity index (χ0) is 17.6. The molecule has 1 aromatic carbocycles. The van der Waals surface area contributed by atoms with Crippen molar-refractivity contribution in [1.82, 2.24) is 9.80 Å². The molecule has 0 aromatic heterocycles. The molecule has 25 heavy (non-hydrogen) atoms. The van der Waals surface area contributed by atoms with Crippen molar-refractivity contribution in [1.29, 1.82) is 0 Å². The minimum atomic E-state index is -0.715. The summed E-state index contributed by atoms with van der Waals surface area (Å²) >= 11 is 0. The maximum atomic E-state index is 12.6. The number of hydrogen-bond acceptors (Lipinski definition) is 3. The van der Waals surface area contributed by atoms with Crippen molar-refractivity contribution >= 4 is 11.8 Å². The van der Waals surface area contributed by atoms with E-state index in [1.165, 1.54) is 6.42 Å². The van der Waals surface area contributed by atoms with Crippen LogP contribution in [-0.4, -0.2) is 52.0 Å². The fourth-order valence-electron chi connectivity index (χ4n) is 4.53. The van der Waals surface area contributed by atoms with Gasteiger partial charge in [-0.05, 0) is 30.4 Å². The molecule has 1 N–H and O–H groups in total. The number of likely N-dealkylation sites (tertiary alicyclic amines) is 1. The van der Waals surface area contributed by atoms with E-state index in [1.54, 1.807) is 9.80 Å². The number of rotatable bonds is 4. The molecule has 3 aliphatic rings. The highest BCUT2D eigenvalue weighted by atomic mass is 16.3. The smallest absolute Gasteiger partial charge is 0.254 e. The number of aliphatic hydroxyl groups is 1. The molecule has 1 aliphatic carbocycles. The SMILES string of the molecule is C[C@@H]1CN(C(=O)CCN2Cc3ccccc3C2=O)C[C@@]1(O)C1CCC1. The summed E-state index contributed by atoms with van der Waals surface area (Å²) in [5, 5.41) is 11.0. The topological polar surface area (TPSA) is 60.9 Å². The van der Waals surface area contributed by atoms with Crippen molar-refractivity contribution in [2.24, 2.45) is 11.8 Å². The van der Waals surface area contributed by atoms with Gasteiger partial charge in [-0.2, -0.15) is 0 Å². The number of fused-ring (bicyclic) bond motifs is 1. The molecule has 5 heteroatoms. The zero-order valence-corrected chi connectivity index (χ0v) is 14.8. The van der Waals surface area contributed by atoms with Gasteiger partial charge in [0.05, 0.1) is 5.60 Å². The molecule has 1 saturated heterocycles. The lowest BCUT2D eigenvalue weighted by molar-refractivity contribution is -0.132. The lowest BCUT2D eigenvalue weighted by Gasteiger charge is -2.41. The zero-order valence-electron chi connectivity index (χ0n) is 14.8. The van der Waals surface area contributed by atoms with Crippen molar-refractivity contribution in [2.75, 3.05) is 19.6 Å². The molecule has 2 fully saturated rings. The quantitative estimate of drug-likeness (QED) is 0.911. The molecule has 2 aliphatic heterocycles. The Hall–Kier alpha value is -1.88. The number of amides is 2. The molecule has 1 aromatic rings. The number of benzene rings is 1. The third-order valence-corrected chi connectivity index (χ3v) is 6.45. The van der Waals surface area contributed by atoms with E-state index in [-0.39, 0.29) is 17.7 Å². The summed E-state index contributed by atoms with van der Waals surface area (Å²) in [6.07, 6.45) is 3.66. The van der Waals surface area contributed by atoms with Crippen LogP contribution in [-0.2, 0) is 11.3 Å². The number of carbonyl (C=O) groups is 2. The fraction of sp³-hybridized carbons (Fsp3) is 0.600. The van der Waals surface area contributed by atoms with Crippen LogP contribution in [0, 0.1) is 11.8 Å². The lowest BCUT2D eigenvalue weighted by Crippen LogP contribution is -2.48. The average Bonchev–Trinajstić information content (AvgIpc) is 3.02. The van der Waals surface area contributed by atoms with Crippen molar-refractivity contribution in [2.45, 2.75) is 44.8 Å². The second-order valence-corrected chi connectivity index (χ2v) is 7.93. The van der Waals surface area contributed by atoms with Crippen LogP contribution >= 0.6 is 0 Å². The van der Waals surface area contributed by atoms with Gasteiger partial charge in [0, 0.05) is 44.1 Å². The second-order valence-electron chi connectivity index (χ2n) is 7.93. The van der Waals surface area contributed by atoms with E-state index in [0.29, 0.717) is 38.5 Å². The van der Waals surface area contributed by atoms with E-state index in [1.807, 2.05) is 31.2 Å². The summed E-state index contributed by atoms with van der Waals surface area (Å²) in [7, 11) is 0. The number of nitrogens with zero attached hydrogens (tertiary/aromatic N) is 2. The van der Waals surface area contributed by atoms with Gasteiger partial charge in [0.1, 0.15) is 0 Å². The highest BCUT2D eigenvalue weighted by Gasteiger charge is 2.50. The van der Waals surface area contributed by atoms with Crippen molar-refractivity contribution in [3.8, 4) is 0 Å². The third-order valence-electron chi connectivity index (χ3n) is 6.45. The molecule has 4 rings (SSSR count). The first kappa shape index (κ1) is 16.6. The predicted octanol–water partition coefficient (Wildman–Crippen LogP) is 2.04. The molecular formula is C20H26N2O3. The van der Waals surface area contributed by atoms with Gasteiger partial charge in [-0.1, -0.05) is 31.5 Å². The van der Waals surface area contributed by atoms with Gasteiger partial charge in [0.15, 0.2) is 0 Å². The molecular weight excluding hydrogens is 316 g/mol. The molecule has 2 atom stereocenters. The molecule has 1 saturated carbocycles. The first-order valence-electron chi connectivity index (χ1n) is 9.36. The third kappa shape index (κ3) is 2.74. The molecule has 134 valence electrons. The van der Waals surface area contributed by atoms with E-state index in [4.69, 9.17) is 0 Å². The molecule has 0 unspecified atom stereocenters. The minimum absolute atomic E-state index is 0.0177. The molecule has 5 nitrogen and oxygen atoms in total. The normalized spacial score (nSPS) is 29.0. The summed E-state index contributed by atoms with van der Waals surface area (Å²) in [5.41, 5.74) is 1.08. The van der Waals surface area contributed by atoms with Crippen LogP contribution in [0.2, 0.25) is 0 Å². The monoisotopic (exact) mass is 342 g/mol. The van der Waals surface area contributed by atoms with Crippen LogP contribution < -0.4 is 0 Å². The molecule has 2 heterocycles. The van der Waals surface area contributed by atoms with Gasteiger partial charge in [-0.25, -0.2) is 0 Å². The highest BCUT2D eigenvalue weighted by Crippen LogP contribution is 2.44. The first-order chi connectivity index (χ1) is 12.0. The Kier molecular flexibility index (Phi) is 4.07. The van der Waals surface area contributed by atoms with Gasteiger partial charge in [-0.15, -0.1) is 0 Å². The van der Waals surface area contributed by atoms with Gasteiger partial charge in [0.25, 0.3) is 5.91 Å². The summed E-state index contributed by atoms with van der Waals surface area (Å²) in [5.74, 6) is 0.532. The number of carbonyl (C=O) groups excluding carboxylic acids is 2. The summed E-state index contributed by atoms with van der Waals surface area (Å²) in [6, 6.07) is 7.63. The van der Waals surface area contributed by atoms with E-state index < -0.39 is 5.60 Å². The molecule has 2 amide bonds. The fourth-order valence-corrected chi connectivity index (χ4v) is 4.53. The number of β-amino-alcohol motifs (C(OH)–C–C–N with tert-alkyl or cyclic N) is 1. The van der Waals surface area contributed by atoms with Crippen LogP contribution in [0.25, 0.3) is 0 Å². The van der Waals surface area contributed by atoms with Crippen LogP contribution in [0.4, 0.5) is 0 Å². The maximum absolute atomic E-state index is 12.6. The van der Waals surface area contributed by atoms with E-state index in [2.05, 4.69) is 0 Å². The first-order valence-corrected chi connectivity index (χ1v) is 9.36. The Morgan fingerprint density at radius 1 is 1.32 bits per heavy atom. The largest absolute Gasteiger partial charge is 0.387 e. The summed E-state index contributed by atoms with van der Waals surface area (Å²) in [6.45, 7) is 4.15. The van der Waals surface area contributed by atoms with Crippen LogP contribution in [0.15, 0.2) is 24.3 Å².